The van der Waals surface area contributed by atoms with Gasteiger partial charge in [-0.3, -0.25) is 0 Å². The predicted octanol–water partition coefficient (Wildman–Crippen LogP) is 3.13. The molecule has 1 aromatic carbocycles. The zero-order valence-electron chi connectivity index (χ0n) is 10.9. The minimum atomic E-state index is -0.204. The van der Waals surface area contributed by atoms with E-state index in [2.05, 4.69) is 20.9 Å². The van der Waals surface area contributed by atoms with Crippen LogP contribution in [0.3, 0.4) is 0 Å². The Hall–Kier alpha value is -1.97. The molecule has 19 heavy (non-hydrogen) atoms. The lowest BCUT2D eigenvalue weighted by Gasteiger charge is -2.18. The number of hydrogen-bond donors (Lipinski definition) is 0. The van der Waals surface area contributed by atoms with Crippen LogP contribution >= 0.6 is 0 Å². The summed E-state index contributed by atoms with van der Waals surface area (Å²) in [5, 5.41) is 0. The molecule has 1 aliphatic rings. The normalized spacial score (nSPS) is 14.4. The van der Waals surface area contributed by atoms with Crippen molar-refractivity contribution in [2.75, 3.05) is 11.9 Å². The molecule has 1 heterocycles. The molecule has 0 radical (unpaired) electrons. The van der Waals surface area contributed by atoms with E-state index in [1.165, 1.54) is 25.0 Å². The number of anilines is 1. The third-order valence-corrected chi connectivity index (χ3v) is 3.39. The van der Waals surface area contributed by atoms with E-state index in [1.54, 1.807) is 18.5 Å². The Labute approximate surface area is 112 Å². The van der Waals surface area contributed by atoms with Gasteiger partial charge in [0.15, 0.2) is 0 Å². The molecule has 0 aliphatic heterocycles. The van der Waals surface area contributed by atoms with Crippen LogP contribution < -0.4 is 4.90 Å². The Morgan fingerprint density at radius 3 is 2.63 bits per heavy atom. The Kier molecular flexibility index (Phi) is 3.15. The monoisotopic (exact) mass is 257 g/mol. The SMILES string of the molecule is CN(Cc1ccc(F)cc1)c1cc(C2CC2)ncn1. The molecule has 0 unspecified atom stereocenters. The highest BCUT2D eigenvalue weighted by molar-refractivity contribution is 5.40. The number of nitrogens with zero attached hydrogens (tertiary/aromatic N) is 3. The van der Waals surface area contributed by atoms with Gasteiger partial charge in [0.2, 0.25) is 0 Å². The van der Waals surface area contributed by atoms with Crippen molar-refractivity contribution < 1.29 is 4.39 Å². The highest BCUT2D eigenvalue weighted by Crippen LogP contribution is 2.39. The molecule has 0 N–H and O–H groups in total. The van der Waals surface area contributed by atoms with Gasteiger partial charge in [0.25, 0.3) is 0 Å². The molecule has 3 nitrogen and oxygen atoms in total. The number of benzene rings is 1. The topological polar surface area (TPSA) is 29.0 Å². The second-order valence-electron chi connectivity index (χ2n) is 5.06. The van der Waals surface area contributed by atoms with Gasteiger partial charge >= 0.3 is 0 Å². The quantitative estimate of drug-likeness (QED) is 0.842. The van der Waals surface area contributed by atoms with Crippen LogP contribution in [0.2, 0.25) is 0 Å². The second kappa shape index (κ2) is 4.96. The van der Waals surface area contributed by atoms with Crippen LogP contribution in [0, 0.1) is 5.82 Å². The predicted molar refractivity (Wildman–Crippen MR) is 72.5 cm³/mol. The lowest BCUT2D eigenvalue weighted by molar-refractivity contribution is 0.627. The van der Waals surface area contributed by atoms with Crippen molar-refractivity contribution in [1.82, 2.24) is 9.97 Å². The Bertz CT molecular complexity index is 564. The van der Waals surface area contributed by atoms with E-state index in [-0.39, 0.29) is 5.82 Å². The summed E-state index contributed by atoms with van der Waals surface area (Å²) in [6.07, 6.45) is 4.10. The Balaban J connectivity index is 1.74. The molecule has 1 aromatic heterocycles. The van der Waals surface area contributed by atoms with E-state index in [1.807, 2.05) is 7.05 Å². The third-order valence-electron chi connectivity index (χ3n) is 3.39. The number of halogens is 1. The standard InChI is InChI=1S/C15H16FN3/c1-19(9-11-2-6-13(16)7-3-11)15-8-14(12-4-5-12)17-10-18-15/h2-3,6-8,10,12H,4-5,9H2,1H3. The van der Waals surface area contributed by atoms with Gasteiger partial charge in [0, 0.05) is 31.3 Å². The molecule has 0 bridgehead atoms. The molecule has 1 saturated carbocycles. The fourth-order valence-corrected chi connectivity index (χ4v) is 2.12. The van der Waals surface area contributed by atoms with Crippen LogP contribution in [0.25, 0.3) is 0 Å². The molecule has 3 rings (SSSR count). The summed E-state index contributed by atoms with van der Waals surface area (Å²) < 4.78 is 12.9. The average Bonchev–Trinajstić information content (AvgIpc) is 3.26. The van der Waals surface area contributed by atoms with Crippen molar-refractivity contribution in [3.05, 3.63) is 53.7 Å². The minimum Gasteiger partial charge on any atom is -0.355 e. The van der Waals surface area contributed by atoms with Gasteiger partial charge in [0.05, 0.1) is 0 Å². The van der Waals surface area contributed by atoms with Crippen molar-refractivity contribution >= 4 is 5.82 Å². The summed E-state index contributed by atoms with van der Waals surface area (Å²) in [6.45, 7) is 0.710. The largest absolute Gasteiger partial charge is 0.355 e. The summed E-state index contributed by atoms with van der Waals surface area (Å²) in [6, 6.07) is 8.63. The fourth-order valence-electron chi connectivity index (χ4n) is 2.12. The number of rotatable bonds is 4. The maximum absolute atomic E-state index is 12.9. The van der Waals surface area contributed by atoms with Crippen molar-refractivity contribution in [3.8, 4) is 0 Å². The third kappa shape index (κ3) is 2.89. The van der Waals surface area contributed by atoms with E-state index in [0.717, 1.165) is 17.1 Å². The van der Waals surface area contributed by atoms with E-state index < -0.39 is 0 Å². The first-order valence-corrected chi connectivity index (χ1v) is 6.50. The van der Waals surface area contributed by atoms with Gasteiger partial charge in [0.1, 0.15) is 18.0 Å². The lowest BCUT2D eigenvalue weighted by Crippen LogP contribution is -2.18. The first-order valence-electron chi connectivity index (χ1n) is 6.50. The van der Waals surface area contributed by atoms with E-state index in [0.29, 0.717) is 12.5 Å². The molecule has 98 valence electrons. The zero-order valence-corrected chi connectivity index (χ0v) is 10.9. The molecule has 0 amide bonds. The van der Waals surface area contributed by atoms with Crippen LogP contribution in [0.15, 0.2) is 36.7 Å². The van der Waals surface area contributed by atoms with E-state index >= 15 is 0 Å². The molecule has 0 atom stereocenters. The number of hydrogen-bond acceptors (Lipinski definition) is 3. The van der Waals surface area contributed by atoms with Crippen molar-refractivity contribution in [3.63, 3.8) is 0 Å². The first-order chi connectivity index (χ1) is 9.22. The molecule has 0 spiro atoms. The summed E-state index contributed by atoms with van der Waals surface area (Å²) in [5.41, 5.74) is 2.20. The number of aromatic nitrogens is 2. The highest BCUT2D eigenvalue weighted by atomic mass is 19.1. The van der Waals surface area contributed by atoms with E-state index in [4.69, 9.17) is 0 Å². The summed E-state index contributed by atoms with van der Waals surface area (Å²) in [7, 11) is 1.99. The fraction of sp³-hybridized carbons (Fsp3) is 0.333. The van der Waals surface area contributed by atoms with Crippen LogP contribution in [0.1, 0.15) is 30.0 Å². The molecule has 0 saturated heterocycles. The van der Waals surface area contributed by atoms with Gasteiger partial charge < -0.3 is 4.90 Å². The maximum atomic E-state index is 12.9. The molecule has 1 aliphatic carbocycles. The van der Waals surface area contributed by atoms with Gasteiger partial charge in [-0.15, -0.1) is 0 Å². The van der Waals surface area contributed by atoms with Crippen molar-refractivity contribution in [2.24, 2.45) is 0 Å². The van der Waals surface area contributed by atoms with Crippen molar-refractivity contribution in [1.29, 1.82) is 0 Å². The van der Waals surface area contributed by atoms with Crippen LogP contribution in [-0.2, 0) is 6.54 Å². The van der Waals surface area contributed by atoms with Gasteiger partial charge in [-0.2, -0.15) is 0 Å². The lowest BCUT2D eigenvalue weighted by atomic mass is 10.2. The zero-order chi connectivity index (χ0) is 13.2. The van der Waals surface area contributed by atoms with Crippen LogP contribution in [0.4, 0.5) is 10.2 Å². The Morgan fingerprint density at radius 2 is 1.95 bits per heavy atom. The summed E-state index contributed by atoms with van der Waals surface area (Å²) in [5.74, 6) is 1.34. The molecule has 2 aromatic rings. The minimum absolute atomic E-state index is 0.204. The smallest absolute Gasteiger partial charge is 0.132 e. The summed E-state index contributed by atoms with van der Waals surface area (Å²) >= 11 is 0. The van der Waals surface area contributed by atoms with E-state index in [9.17, 15) is 4.39 Å². The van der Waals surface area contributed by atoms with Crippen LogP contribution in [-0.4, -0.2) is 17.0 Å². The molecule has 4 heteroatoms. The second-order valence-corrected chi connectivity index (χ2v) is 5.06. The molecule has 1 fully saturated rings. The van der Waals surface area contributed by atoms with Gasteiger partial charge in [-0.25, -0.2) is 14.4 Å². The average molecular weight is 257 g/mol. The first kappa shape index (κ1) is 12.1. The van der Waals surface area contributed by atoms with Gasteiger partial charge in [-0.1, -0.05) is 12.1 Å². The van der Waals surface area contributed by atoms with Crippen LogP contribution in [0.5, 0.6) is 0 Å². The Morgan fingerprint density at radius 1 is 1.21 bits per heavy atom. The summed E-state index contributed by atoms with van der Waals surface area (Å²) in [4.78, 5) is 10.7. The van der Waals surface area contributed by atoms with Crippen molar-refractivity contribution in [2.45, 2.75) is 25.3 Å². The maximum Gasteiger partial charge on any atom is 0.132 e. The van der Waals surface area contributed by atoms with Gasteiger partial charge in [-0.05, 0) is 30.5 Å². The molecular formula is C15H16FN3. The molecular weight excluding hydrogens is 241 g/mol. The highest BCUT2D eigenvalue weighted by Gasteiger charge is 2.25.